The number of benzene rings is 2. The first-order valence-corrected chi connectivity index (χ1v) is 8.21. The quantitative estimate of drug-likeness (QED) is 0.736. The van der Waals surface area contributed by atoms with Crippen molar-refractivity contribution in [3.05, 3.63) is 64.1 Å². The van der Waals surface area contributed by atoms with E-state index in [-0.39, 0.29) is 12.5 Å². The monoisotopic (exact) mass is 391 g/mol. The molecule has 0 unspecified atom stereocenters. The zero-order valence-electron chi connectivity index (χ0n) is 13.3. The van der Waals surface area contributed by atoms with Gasteiger partial charge in [-0.3, -0.25) is 4.79 Å². The van der Waals surface area contributed by atoms with Gasteiger partial charge in [0.05, 0.1) is 12.7 Å². The summed E-state index contributed by atoms with van der Waals surface area (Å²) in [5.41, 5.74) is 1.39. The van der Waals surface area contributed by atoms with Crippen LogP contribution in [0, 0.1) is 0 Å². The van der Waals surface area contributed by atoms with E-state index in [0.29, 0.717) is 23.0 Å². The molecule has 0 fully saturated rings. The van der Waals surface area contributed by atoms with Gasteiger partial charge in [-0.05, 0) is 46.1 Å². The standard InChI is InChI=1S/C18H18BrNO4/c1-23-16-9-5-2-6-13(16)10-11-20-17(21)12-24-18(22)14-7-3-4-8-15(14)19/h2-9H,10-12H2,1H3,(H,20,21). The smallest absolute Gasteiger partial charge is 0.339 e. The average Bonchev–Trinajstić information content (AvgIpc) is 2.60. The molecular formula is C18H18BrNO4. The van der Waals surface area contributed by atoms with Crippen molar-refractivity contribution in [1.29, 1.82) is 0 Å². The van der Waals surface area contributed by atoms with E-state index >= 15 is 0 Å². The first-order chi connectivity index (χ1) is 11.6. The second-order valence-corrected chi connectivity index (χ2v) is 5.82. The van der Waals surface area contributed by atoms with E-state index in [1.807, 2.05) is 24.3 Å². The van der Waals surface area contributed by atoms with Crippen LogP contribution in [0.2, 0.25) is 0 Å². The Morgan fingerprint density at radius 3 is 2.54 bits per heavy atom. The summed E-state index contributed by atoms with van der Waals surface area (Å²) in [6.45, 7) is 0.123. The molecule has 0 aromatic heterocycles. The van der Waals surface area contributed by atoms with E-state index < -0.39 is 5.97 Å². The first kappa shape index (κ1) is 18.0. The van der Waals surface area contributed by atoms with Crippen molar-refractivity contribution in [2.24, 2.45) is 0 Å². The van der Waals surface area contributed by atoms with Gasteiger partial charge in [0, 0.05) is 11.0 Å². The highest BCUT2D eigenvalue weighted by Gasteiger charge is 2.12. The summed E-state index contributed by atoms with van der Waals surface area (Å²) in [6, 6.07) is 14.5. The molecule has 0 saturated heterocycles. The Morgan fingerprint density at radius 1 is 1.08 bits per heavy atom. The molecule has 1 amide bonds. The number of hydrogen-bond acceptors (Lipinski definition) is 4. The molecule has 6 heteroatoms. The van der Waals surface area contributed by atoms with Gasteiger partial charge in [-0.2, -0.15) is 0 Å². The molecule has 0 saturated carbocycles. The highest BCUT2D eigenvalue weighted by molar-refractivity contribution is 9.10. The predicted molar refractivity (Wildman–Crippen MR) is 94.1 cm³/mol. The lowest BCUT2D eigenvalue weighted by Gasteiger charge is -2.09. The summed E-state index contributed by atoms with van der Waals surface area (Å²) in [7, 11) is 1.61. The van der Waals surface area contributed by atoms with Gasteiger partial charge in [-0.15, -0.1) is 0 Å². The molecular weight excluding hydrogens is 374 g/mol. The van der Waals surface area contributed by atoms with Crippen molar-refractivity contribution in [1.82, 2.24) is 5.32 Å². The van der Waals surface area contributed by atoms with Crippen molar-refractivity contribution in [2.45, 2.75) is 6.42 Å². The van der Waals surface area contributed by atoms with E-state index in [0.717, 1.165) is 11.3 Å². The Hall–Kier alpha value is -2.34. The lowest BCUT2D eigenvalue weighted by atomic mass is 10.1. The molecule has 2 aromatic rings. The van der Waals surface area contributed by atoms with Crippen molar-refractivity contribution in [3.8, 4) is 5.75 Å². The van der Waals surface area contributed by atoms with E-state index in [4.69, 9.17) is 9.47 Å². The first-order valence-electron chi connectivity index (χ1n) is 7.42. The summed E-state index contributed by atoms with van der Waals surface area (Å²) < 4.78 is 10.9. The fourth-order valence-electron chi connectivity index (χ4n) is 2.13. The van der Waals surface area contributed by atoms with Crippen LogP contribution < -0.4 is 10.1 Å². The van der Waals surface area contributed by atoms with Gasteiger partial charge in [0.2, 0.25) is 0 Å². The molecule has 126 valence electrons. The van der Waals surface area contributed by atoms with Gasteiger partial charge in [-0.25, -0.2) is 4.79 Å². The number of para-hydroxylation sites is 1. The molecule has 0 bridgehead atoms. The SMILES string of the molecule is COc1ccccc1CCNC(=O)COC(=O)c1ccccc1Br. The van der Waals surface area contributed by atoms with E-state index in [1.165, 1.54) is 0 Å². The predicted octanol–water partition coefficient (Wildman–Crippen LogP) is 2.97. The maximum Gasteiger partial charge on any atom is 0.339 e. The minimum Gasteiger partial charge on any atom is -0.496 e. The number of esters is 1. The van der Waals surface area contributed by atoms with Crippen LogP contribution >= 0.6 is 15.9 Å². The third-order valence-corrected chi connectivity index (χ3v) is 4.03. The summed E-state index contributed by atoms with van der Waals surface area (Å²) >= 11 is 3.27. The summed E-state index contributed by atoms with van der Waals surface area (Å²) in [4.78, 5) is 23.7. The molecule has 1 N–H and O–H groups in total. The molecule has 5 nitrogen and oxygen atoms in total. The van der Waals surface area contributed by atoms with Gasteiger partial charge in [0.25, 0.3) is 5.91 Å². The topological polar surface area (TPSA) is 64.6 Å². The number of hydrogen-bond donors (Lipinski definition) is 1. The second kappa shape index (κ2) is 9.08. The van der Waals surface area contributed by atoms with E-state index in [1.54, 1.807) is 31.4 Å². The molecule has 0 spiro atoms. The van der Waals surface area contributed by atoms with Crippen LogP contribution in [0.1, 0.15) is 15.9 Å². The minimum atomic E-state index is -0.539. The van der Waals surface area contributed by atoms with Gasteiger partial charge in [0.15, 0.2) is 6.61 Å². The lowest BCUT2D eigenvalue weighted by Crippen LogP contribution is -2.30. The van der Waals surface area contributed by atoms with Crippen LogP contribution in [0.25, 0.3) is 0 Å². The number of halogens is 1. The van der Waals surface area contributed by atoms with Gasteiger partial charge in [0.1, 0.15) is 5.75 Å². The Kier molecular flexibility index (Phi) is 6.81. The summed E-state index contributed by atoms with van der Waals surface area (Å²) in [5, 5.41) is 2.72. The number of carbonyl (C=O) groups excluding carboxylic acids is 2. The summed E-state index contributed by atoms with van der Waals surface area (Å²) in [5.74, 6) is -0.0974. The van der Waals surface area contributed by atoms with Crippen molar-refractivity contribution < 1.29 is 19.1 Å². The highest BCUT2D eigenvalue weighted by Crippen LogP contribution is 2.17. The molecule has 2 aromatic carbocycles. The zero-order chi connectivity index (χ0) is 17.4. The fourth-order valence-corrected chi connectivity index (χ4v) is 2.58. The number of carbonyl (C=O) groups is 2. The number of methoxy groups -OCH3 is 1. The van der Waals surface area contributed by atoms with Gasteiger partial charge >= 0.3 is 5.97 Å². The average molecular weight is 392 g/mol. The largest absolute Gasteiger partial charge is 0.496 e. The Morgan fingerprint density at radius 2 is 1.79 bits per heavy atom. The Bertz CT molecular complexity index is 718. The van der Waals surface area contributed by atoms with Crippen LogP contribution in [0.4, 0.5) is 0 Å². The molecule has 0 heterocycles. The van der Waals surface area contributed by atoms with Crippen LogP contribution in [0.15, 0.2) is 53.0 Å². The highest BCUT2D eigenvalue weighted by atomic mass is 79.9. The van der Waals surface area contributed by atoms with E-state index in [2.05, 4.69) is 21.2 Å². The maximum atomic E-state index is 11.9. The minimum absolute atomic E-state index is 0.313. The maximum absolute atomic E-state index is 11.9. The number of amides is 1. The Balaban J connectivity index is 1.76. The van der Waals surface area contributed by atoms with Crippen LogP contribution in [-0.2, 0) is 16.0 Å². The van der Waals surface area contributed by atoms with Crippen LogP contribution in [0.3, 0.4) is 0 Å². The number of nitrogens with one attached hydrogen (secondary N) is 1. The molecule has 0 aliphatic rings. The lowest BCUT2D eigenvalue weighted by molar-refractivity contribution is -0.124. The van der Waals surface area contributed by atoms with Crippen LogP contribution in [0.5, 0.6) is 5.75 Å². The fraction of sp³-hybridized carbons (Fsp3) is 0.222. The second-order valence-electron chi connectivity index (χ2n) is 4.97. The van der Waals surface area contributed by atoms with Gasteiger partial charge < -0.3 is 14.8 Å². The number of rotatable bonds is 7. The van der Waals surface area contributed by atoms with Crippen molar-refractivity contribution in [3.63, 3.8) is 0 Å². The third kappa shape index (κ3) is 5.09. The normalized spacial score (nSPS) is 10.1. The van der Waals surface area contributed by atoms with Crippen LogP contribution in [-0.4, -0.2) is 32.1 Å². The molecule has 2 rings (SSSR count). The summed E-state index contributed by atoms with van der Waals surface area (Å²) in [6.07, 6.45) is 0.633. The third-order valence-electron chi connectivity index (χ3n) is 3.34. The molecule has 0 aliphatic heterocycles. The molecule has 0 atom stereocenters. The van der Waals surface area contributed by atoms with E-state index in [9.17, 15) is 9.59 Å². The Labute approximate surface area is 149 Å². The number of ether oxygens (including phenoxy) is 2. The van der Waals surface area contributed by atoms with Gasteiger partial charge in [-0.1, -0.05) is 30.3 Å². The molecule has 24 heavy (non-hydrogen) atoms. The van der Waals surface area contributed by atoms with Crippen molar-refractivity contribution in [2.75, 3.05) is 20.3 Å². The molecule has 0 radical (unpaired) electrons. The zero-order valence-corrected chi connectivity index (χ0v) is 14.8. The molecule has 0 aliphatic carbocycles. The van der Waals surface area contributed by atoms with Crippen molar-refractivity contribution >= 4 is 27.8 Å².